The minimum Gasteiger partial charge on any atom is -0.491 e. The number of methoxy groups -OCH3 is 1. The number of alkyl halides is 6. The fourth-order valence-electron chi connectivity index (χ4n) is 3.08. The smallest absolute Gasteiger partial charge is 0.491 e. The van der Waals surface area contributed by atoms with Gasteiger partial charge in [-0.2, -0.15) is 26.3 Å². The maximum atomic E-state index is 12.8. The molecule has 0 aliphatic rings. The molecule has 3 aromatic rings. The fourth-order valence-corrected chi connectivity index (χ4v) is 4.05. The van der Waals surface area contributed by atoms with Crippen LogP contribution in [0.15, 0.2) is 59.8 Å². The Morgan fingerprint density at radius 1 is 0.907 bits per heavy atom. The minimum atomic E-state index is -5.50. The molecule has 0 radical (unpaired) electrons. The molecular weight excluding hydrogens is 616 g/mol. The van der Waals surface area contributed by atoms with Crippen molar-refractivity contribution in [2.75, 3.05) is 44.6 Å². The van der Waals surface area contributed by atoms with Crippen LogP contribution in [0.3, 0.4) is 0 Å². The van der Waals surface area contributed by atoms with E-state index < -0.39 is 45.6 Å². The van der Waals surface area contributed by atoms with Gasteiger partial charge in [0.15, 0.2) is 6.61 Å². The second-order valence-electron chi connectivity index (χ2n) is 8.26. The lowest BCUT2D eigenvalue weighted by atomic mass is 10.3. The molecule has 0 amide bonds. The number of hydrogen-bond donors (Lipinski definition) is 2. The highest BCUT2D eigenvalue weighted by Gasteiger charge is 2.44. The van der Waals surface area contributed by atoms with Crippen molar-refractivity contribution in [2.45, 2.75) is 17.2 Å². The number of rotatable bonds is 13. The third-order valence-electron chi connectivity index (χ3n) is 5.03. The number of sulfonamides is 1. The number of anilines is 4. The normalized spacial score (nSPS) is 12.1. The molecule has 0 spiro atoms. The summed E-state index contributed by atoms with van der Waals surface area (Å²) in [4.78, 5) is 22.2. The molecule has 0 bridgehead atoms. The summed E-state index contributed by atoms with van der Waals surface area (Å²) in [5.41, 5.74) is 0.200. The van der Waals surface area contributed by atoms with E-state index in [1.165, 1.54) is 13.2 Å². The Balaban J connectivity index is 1.86. The number of carbonyl (C=O) groups excluding carboxylic acids is 1. The summed E-state index contributed by atoms with van der Waals surface area (Å²) in [6.07, 6.45) is -9.16. The van der Waals surface area contributed by atoms with E-state index >= 15 is 0 Å². The van der Waals surface area contributed by atoms with E-state index in [1.807, 2.05) is 0 Å². The van der Waals surface area contributed by atoms with Crippen molar-refractivity contribution < 1.29 is 58.6 Å². The van der Waals surface area contributed by atoms with Crippen molar-refractivity contribution in [1.29, 1.82) is 0 Å². The van der Waals surface area contributed by atoms with E-state index in [0.717, 1.165) is 24.5 Å². The Kier molecular flexibility index (Phi) is 10.6. The van der Waals surface area contributed by atoms with Crippen LogP contribution in [-0.4, -0.2) is 75.2 Å². The van der Waals surface area contributed by atoms with Crippen molar-refractivity contribution in [3.8, 4) is 11.5 Å². The van der Waals surface area contributed by atoms with E-state index in [1.54, 1.807) is 24.3 Å². The maximum Gasteiger partial charge on any atom is 0.492 e. The molecule has 1 aromatic heterocycles. The second-order valence-corrected chi connectivity index (χ2v) is 10.2. The number of aromatic nitrogens is 2. The summed E-state index contributed by atoms with van der Waals surface area (Å²) in [7, 11) is -2.85. The molecule has 2 N–H and O–H groups in total. The largest absolute Gasteiger partial charge is 0.492 e. The number of nitrogens with zero attached hydrogens (tertiary/aromatic N) is 3. The Morgan fingerprint density at radius 2 is 1.56 bits per heavy atom. The third kappa shape index (κ3) is 9.86. The first-order chi connectivity index (χ1) is 20.1. The molecule has 0 aliphatic carbocycles. The zero-order valence-corrected chi connectivity index (χ0v) is 23.0. The van der Waals surface area contributed by atoms with Gasteiger partial charge in [0, 0.05) is 25.9 Å². The zero-order chi connectivity index (χ0) is 31.8. The summed E-state index contributed by atoms with van der Waals surface area (Å²) < 4.78 is 116. The number of carbonyl (C=O) groups is 1. The molecule has 234 valence electrons. The van der Waals surface area contributed by atoms with Gasteiger partial charge in [-0.3, -0.25) is 0 Å². The van der Waals surface area contributed by atoms with Crippen molar-refractivity contribution in [1.82, 2.24) is 14.4 Å². The van der Waals surface area contributed by atoms with Crippen molar-refractivity contribution in [3.05, 3.63) is 54.9 Å². The highest BCUT2D eigenvalue weighted by atomic mass is 32.2. The molecule has 3 rings (SSSR count). The molecule has 43 heavy (non-hydrogen) atoms. The van der Waals surface area contributed by atoms with Gasteiger partial charge < -0.3 is 29.7 Å². The van der Waals surface area contributed by atoms with Crippen molar-refractivity contribution in [3.63, 3.8) is 0 Å². The number of ether oxygens (including phenoxy) is 3. The van der Waals surface area contributed by atoms with Crippen molar-refractivity contribution in [2.24, 2.45) is 0 Å². The topological polar surface area (TPSA) is 141 Å². The lowest BCUT2D eigenvalue weighted by Crippen LogP contribution is -2.36. The summed E-state index contributed by atoms with van der Waals surface area (Å²) in [6.45, 7) is -1.01. The van der Waals surface area contributed by atoms with Crippen LogP contribution in [0.2, 0.25) is 0 Å². The predicted molar refractivity (Wildman–Crippen MR) is 137 cm³/mol. The zero-order valence-electron chi connectivity index (χ0n) is 22.2. The van der Waals surface area contributed by atoms with Crippen LogP contribution >= 0.6 is 0 Å². The molecule has 2 aromatic carbocycles. The monoisotopic (exact) mass is 639 g/mol. The van der Waals surface area contributed by atoms with Crippen LogP contribution in [-0.2, 0) is 24.4 Å². The number of halogens is 6. The Hall–Kier alpha value is -4.36. The van der Waals surface area contributed by atoms with Gasteiger partial charge in [0.25, 0.3) is 10.0 Å². The molecule has 12 nitrogen and oxygen atoms in total. The standard InChI is InChI=1S/C24H23F6N5O7S/c1-35(42-22(36)24(28,29)30)43(37,38)17-7-8-19(41-13-23(25,26)27)18(11-17)34-21-12-20(31-14-32-21)33-15-3-5-16(6-4-15)40-10-9-39-2/h3-8,11-12,14H,9-10,13H2,1-2H3,(H2,31,32,33,34). The van der Waals surface area contributed by atoms with E-state index in [2.05, 4.69) is 25.4 Å². The third-order valence-corrected chi connectivity index (χ3v) is 6.64. The van der Waals surface area contributed by atoms with Gasteiger partial charge in [0.05, 0.1) is 17.2 Å². The lowest BCUT2D eigenvalue weighted by Gasteiger charge is -2.19. The summed E-state index contributed by atoms with van der Waals surface area (Å²) in [6, 6.07) is 10.4. The van der Waals surface area contributed by atoms with Gasteiger partial charge >= 0.3 is 18.3 Å². The molecule has 0 fully saturated rings. The molecule has 0 saturated heterocycles. The second kappa shape index (κ2) is 13.7. The highest BCUT2D eigenvalue weighted by Crippen LogP contribution is 2.33. The molecule has 1 heterocycles. The molecule has 19 heteroatoms. The molecule has 0 unspecified atom stereocenters. The molecule has 0 saturated carbocycles. The summed E-state index contributed by atoms with van der Waals surface area (Å²) in [5, 5.41) is 5.57. The van der Waals surface area contributed by atoms with E-state index in [-0.39, 0.29) is 21.8 Å². The first kappa shape index (κ1) is 33.1. The summed E-state index contributed by atoms with van der Waals surface area (Å²) >= 11 is 0. The Labute approximate surface area is 240 Å². The van der Waals surface area contributed by atoms with Crippen LogP contribution in [0.25, 0.3) is 0 Å². The Bertz CT molecular complexity index is 1510. The quantitative estimate of drug-likeness (QED) is 0.154. The first-order valence-corrected chi connectivity index (χ1v) is 13.2. The van der Waals surface area contributed by atoms with Crippen LogP contribution in [0, 0.1) is 0 Å². The van der Waals surface area contributed by atoms with Gasteiger partial charge in [0.2, 0.25) is 0 Å². The molecular formula is C24H23F6N5O7S. The van der Waals surface area contributed by atoms with Gasteiger partial charge in [-0.05, 0) is 46.9 Å². The average Bonchev–Trinajstić information content (AvgIpc) is 2.92. The maximum absolute atomic E-state index is 12.8. The van der Waals surface area contributed by atoms with Crippen LogP contribution < -0.4 is 20.1 Å². The molecule has 0 atom stereocenters. The minimum absolute atomic E-state index is 0.0414. The Morgan fingerprint density at radius 3 is 2.16 bits per heavy atom. The average molecular weight is 640 g/mol. The van der Waals surface area contributed by atoms with E-state index in [4.69, 9.17) is 14.2 Å². The van der Waals surface area contributed by atoms with E-state index in [9.17, 15) is 39.6 Å². The number of hydroxylamine groups is 1. The first-order valence-electron chi connectivity index (χ1n) is 11.8. The van der Waals surface area contributed by atoms with Crippen LogP contribution in [0.4, 0.5) is 49.4 Å². The van der Waals surface area contributed by atoms with Crippen molar-refractivity contribution >= 4 is 39.0 Å². The van der Waals surface area contributed by atoms with E-state index in [0.29, 0.717) is 31.7 Å². The van der Waals surface area contributed by atoms with Gasteiger partial charge in [0.1, 0.15) is 36.1 Å². The highest BCUT2D eigenvalue weighted by molar-refractivity contribution is 7.89. The SMILES string of the molecule is COCCOc1ccc(Nc2cc(Nc3cc(S(=O)(=O)N(C)OC(=O)C(F)(F)F)ccc3OCC(F)(F)F)ncn2)cc1. The number of hydrogen-bond acceptors (Lipinski definition) is 11. The lowest BCUT2D eigenvalue weighted by molar-refractivity contribution is -0.219. The number of nitrogens with one attached hydrogen (secondary N) is 2. The fraction of sp³-hybridized carbons (Fsp3) is 0.292. The van der Waals surface area contributed by atoms with Crippen LogP contribution in [0.5, 0.6) is 11.5 Å². The number of benzene rings is 2. The molecule has 0 aliphatic heterocycles. The van der Waals surface area contributed by atoms with Gasteiger partial charge in [-0.15, -0.1) is 0 Å². The van der Waals surface area contributed by atoms with Crippen LogP contribution in [0.1, 0.15) is 0 Å². The van der Waals surface area contributed by atoms with Gasteiger partial charge in [-0.1, -0.05) is 0 Å². The summed E-state index contributed by atoms with van der Waals surface area (Å²) in [5.74, 6) is -2.54. The predicted octanol–water partition coefficient (Wildman–Crippen LogP) is 4.57. The van der Waals surface area contributed by atoms with Gasteiger partial charge in [-0.25, -0.2) is 23.2 Å².